The van der Waals surface area contributed by atoms with Gasteiger partial charge in [0.25, 0.3) is 0 Å². The fourth-order valence-electron chi connectivity index (χ4n) is 4.74. The molecule has 2 aromatic rings. The van der Waals surface area contributed by atoms with Gasteiger partial charge in [-0.05, 0) is 62.5 Å². The maximum atomic E-state index is 10.6. The number of furan rings is 1. The van der Waals surface area contributed by atoms with Gasteiger partial charge in [-0.3, -0.25) is 14.8 Å². The van der Waals surface area contributed by atoms with Crippen LogP contribution in [0.2, 0.25) is 0 Å². The van der Waals surface area contributed by atoms with Crippen LogP contribution in [0.25, 0.3) is 0 Å². The minimum Gasteiger partial charge on any atom is -0.468 e. The third-order valence-electron chi connectivity index (χ3n) is 6.40. The van der Waals surface area contributed by atoms with Crippen LogP contribution in [0.5, 0.6) is 0 Å². The van der Waals surface area contributed by atoms with Crippen molar-refractivity contribution >= 4 is 29.9 Å². The SMILES string of the molecule is CCNC(=NCC(O)CN1CCc2ccccc2C1)NCC(c1ccco1)N1CCCC1.I. The zero-order chi connectivity index (χ0) is 22.2. The number of rotatable bonds is 9. The van der Waals surface area contributed by atoms with Gasteiger partial charge in [0.1, 0.15) is 5.76 Å². The van der Waals surface area contributed by atoms with Gasteiger partial charge in [-0.1, -0.05) is 24.3 Å². The molecule has 2 atom stereocenters. The van der Waals surface area contributed by atoms with Crippen LogP contribution >= 0.6 is 24.0 Å². The van der Waals surface area contributed by atoms with Crippen LogP contribution in [0.1, 0.15) is 42.7 Å². The lowest BCUT2D eigenvalue weighted by Gasteiger charge is -2.30. The van der Waals surface area contributed by atoms with Crippen molar-refractivity contribution in [2.45, 2.75) is 44.9 Å². The smallest absolute Gasteiger partial charge is 0.191 e. The Balaban J connectivity index is 0.00000306. The number of benzene rings is 1. The summed E-state index contributed by atoms with van der Waals surface area (Å²) in [4.78, 5) is 9.46. The summed E-state index contributed by atoms with van der Waals surface area (Å²) in [7, 11) is 0. The van der Waals surface area contributed by atoms with Crippen molar-refractivity contribution in [2.75, 3.05) is 45.8 Å². The second-order valence-corrected chi connectivity index (χ2v) is 8.78. The first-order chi connectivity index (χ1) is 15.7. The Morgan fingerprint density at radius 3 is 2.61 bits per heavy atom. The van der Waals surface area contributed by atoms with Crippen molar-refractivity contribution in [2.24, 2.45) is 4.99 Å². The lowest BCUT2D eigenvalue weighted by Crippen LogP contribution is -2.43. The number of aliphatic hydroxyl groups is 1. The highest BCUT2D eigenvalue weighted by atomic mass is 127. The van der Waals surface area contributed by atoms with Gasteiger partial charge in [0, 0.05) is 32.7 Å². The average molecular weight is 568 g/mol. The van der Waals surface area contributed by atoms with Gasteiger partial charge in [-0.25, -0.2) is 0 Å². The molecule has 7 nitrogen and oxygen atoms in total. The number of hydrogen-bond donors (Lipinski definition) is 3. The topological polar surface area (TPSA) is 76.3 Å². The second kappa shape index (κ2) is 13.3. The number of likely N-dealkylation sites (tertiary alicyclic amines) is 1. The molecule has 33 heavy (non-hydrogen) atoms. The van der Waals surface area contributed by atoms with Crippen molar-refractivity contribution in [3.8, 4) is 0 Å². The normalized spacial score (nSPS) is 18.9. The van der Waals surface area contributed by atoms with Crippen LogP contribution in [0.3, 0.4) is 0 Å². The number of nitrogens with zero attached hydrogens (tertiary/aromatic N) is 3. The minimum absolute atomic E-state index is 0. The standard InChI is InChI=1S/C25H37N5O2.HI/c1-2-26-25(28-17-23(24-10-7-15-32-24)30-12-5-6-13-30)27-16-22(31)19-29-14-11-20-8-3-4-9-21(20)18-29;/h3-4,7-10,15,22-23,31H,2,5-6,11-14,16-19H2,1H3,(H2,26,27,28);1H. The largest absolute Gasteiger partial charge is 0.468 e. The Morgan fingerprint density at radius 1 is 1.09 bits per heavy atom. The van der Waals surface area contributed by atoms with Crippen LogP contribution in [0.4, 0.5) is 0 Å². The molecule has 8 heteroatoms. The van der Waals surface area contributed by atoms with Crippen LogP contribution < -0.4 is 10.6 Å². The second-order valence-electron chi connectivity index (χ2n) is 8.78. The molecule has 1 aromatic carbocycles. The van der Waals surface area contributed by atoms with Gasteiger partial charge >= 0.3 is 0 Å². The Hall–Kier alpha value is -1.62. The zero-order valence-electron chi connectivity index (χ0n) is 19.6. The summed E-state index contributed by atoms with van der Waals surface area (Å²) in [6.07, 6.45) is 4.76. The van der Waals surface area contributed by atoms with Crippen LogP contribution in [-0.4, -0.2) is 72.8 Å². The molecular formula is C25H38IN5O2. The molecule has 1 fully saturated rings. The number of guanidine groups is 1. The number of aliphatic imine (C=N–C) groups is 1. The minimum atomic E-state index is -0.491. The zero-order valence-corrected chi connectivity index (χ0v) is 21.9. The lowest BCUT2D eigenvalue weighted by molar-refractivity contribution is 0.111. The van der Waals surface area contributed by atoms with Crippen LogP contribution in [-0.2, 0) is 13.0 Å². The van der Waals surface area contributed by atoms with E-state index in [2.05, 4.69) is 62.7 Å². The third-order valence-corrected chi connectivity index (χ3v) is 6.40. The van der Waals surface area contributed by atoms with Gasteiger partial charge in [0.05, 0.1) is 25.0 Å². The Kier molecular flexibility index (Phi) is 10.5. The highest BCUT2D eigenvalue weighted by Crippen LogP contribution is 2.25. The molecule has 2 aliphatic heterocycles. The number of hydrogen-bond acceptors (Lipinski definition) is 5. The van der Waals surface area contributed by atoms with E-state index < -0.39 is 6.10 Å². The third kappa shape index (κ3) is 7.43. The van der Waals surface area contributed by atoms with Crippen molar-refractivity contribution in [1.29, 1.82) is 0 Å². The highest BCUT2D eigenvalue weighted by Gasteiger charge is 2.25. The fraction of sp³-hybridized carbons (Fsp3) is 0.560. The first kappa shape index (κ1) is 26.0. The highest BCUT2D eigenvalue weighted by molar-refractivity contribution is 14.0. The maximum absolute atomic E-state index is 10.6. The Morgan fingerprint density at radius 2 is 1.88 bits per heavy atom. The molecule has 3 heterocycles. The maximum Gasteiger partial charge on any atom is 0.191 e. The van der Waals surface area contributed by atoms with Crippen LogP contribution in [0, 0.1) is 0 Å². The van der Waals surface area contributed by atoms with E-state index >= 15 is 0 Å². The van der Waals surface area contributed by atoms with Crippen molar-refractivity contribution in [3.05, 3.63) is 59.5 Å². The molecule has 0 spiro atoms. The number of nitrogens with one attached hydrogen (secondary N) is 2. The molecule has 1 saturated heterocycles. The van der Waals surface area contributed by atoms with Gasteiger partial charge in [-0.2, -0.15) is 0 Å². The van der Waals surface area contributed by atoms with Crippen molar-refractivity contribution in [1.82, 2.24) is 20.4 Å². The molecule has 0 radical (unpaired) electrons. The number of fused-ring (bicyclic) bond motifs is 1. The molecule has 2 aliphatic rings. The predicted molar refractivity (Wildman–Crippen MR) is 143 cm³/mol. The average Bonchev–Trinajstić information content (AvgIpc) is 3.53. The number of aliphatic hydroxyl groups excluding tert-OH is 1. The number of halogens is 1. The monoisotopic (exact) mass is 567 g/mol. The Labute approximate surface area is 214 Å². The molecule has 0 amide bonds. The summed E-state index contributed by atoms with van der Waals surface area (Å²) < 4.78 is 5.72. The van der Waals surface area contributed by atoms with E-state index in [4.69, 9.17) is 4.42 Å². The molecular weight excluding hydrogens is 529 g/mol. The van der Waals surface area contributed by atoms with Crippen molar-refractivity contribution in [3.63, 3.8) is 0 Å². The van der Waals surface area contributed by atoms with E-state index in [-0.39, 0.29) is 30.0 Å². The van der Waals surface area contributed by atoms with Crippen LogP contribution in [0.15, 0.2) is 52.1 Å². The van der Waals surface area contributed by atoms with E-state index in [0.717, 1.165) is 57.4 Å². The molecule has 0 bridgehead atoms. The van der Waals surface area contributed by atoms with Gasteiger partial charge < -0.3 is 20.2 Å². The predicted octanol–water partition coefficient (Wildman–Crippen LogP) is 3.01. The summed E-state index contributed by atoms with van der Waals surface area (Å²) in [5, 5.41) is 17.4. The molecule has 182 valence electrons. The molecule has 2 unspecified atom stereocenters. The molecule has 4 rings (SSSR count). The van der Waals surface area contributed by atoms with E-state index in [9.17, 15) is 5.11 Å². The summed E-state index contributed by atoms with van der Waals surface area (Å²) in [5.41, 5.74) is 2.80. The van der Waals surface area contributed by atoms with E-state index in [1.807, 2.05) is 6.07 Å². The molecule has 3 N–H and O–H groups in total. The Bertz CT molecular complexity index is 854. The van der Waals surface area contributed by atoms with E-state index in [1.165, 1.54) is 24.0 Å². The van der Waals surface area contributed by atoms with Crippen molar-refractivity contribution < 1.29 is 9.52 Å². The molecule has 1 aromatic heterocycles. The van der Waals surface area contributed by atoms with E-state index in [0.29, 0.717) is 13.1 Å². The van der Waals surface area contributed by atoms with Gasteiger partial charge in [-0.15, -0.1) is 24.0 Å². The lowest BCUT2D eigenvalue weighted by atomic mass is 10.00. The molecule has 0 saturated carbocycles. The summed E-state index contributed by atoms with van der Waals surface area (Å²) in [6.45, 7) is 8.65. The van der Waals surface area contributed by atoms with Gasteiger partial charge in [0.2, 0.25) is 0 Å². The van der Waals surface area contributed by atoms with Gasteiger partial charge in [0.15, 0.2) is 5.96 Å². The summed E-state index contributed by atoms with van der Waals surface area (Å²) in [6, 6.07) is 12.8. The summed E-state index contributed by atoms with van der Waals surface area (Å²) >= 11 is 0. The summed E-state index contributed by atoms with van der Waals surface area (Å²) in [5.74, 6) is 1.73. The van der Waals surface area contributed by atoms with E-state index in [1.54, 1.807) is 6.26 Å². The molecule has 0 aliphatic carbocycles. The first-order valence-corrected chi connectivity index (χ1v) is 12.0. The quantitative estimate of drug-likeness (QED) is 0.246. The number of β-amino-alcohol motifs (C(OH)–C–C–N with tert-alkyl or cyclic N) is 1. The fourth-order valence-corrected chi connectivity index (χ4v) is 4.74. The first-order valence-electron chi connectivity index (χ1n) is 12.0.